The summed E-state index contributed by atoms with van der Waals surface area (Å²) < 4.78 is 2.38. The number of nitrogens with zero attached hydrogens (tertiary/aromatic N) is 3. The maximum Gasteiger partial charge on any atom is 0.149 e. The molecule has 1 aliphatic rings. The highest BCUT2D eigenvalue weighted by Crippen LogP contribution is 2.50. The fraction of sp³-hybridized carbons (Fsp3) is 0.533. The molecule has 0 bridgehead atoms. The molecule has 1 unspecified atom stereocenters. The summed E-state index contributed by atoms with van der Waals surface area (Å²) in [4.78, 5) is 10.6. The summed E-state index contributed by atoms with van der Waals surface area (Å²) in [5.41, 5.74) is 10.3. The van der Waals surface area contributed by atoms with Crippen molar-refractivity contribution in [3.63, 3.8) is 0 Å². The topological polar surface area (TPSA) is 30.2 Å². The van der Waals surface area contributed by atoms with Crippen molar-refractivity contribution in [2.45, 2.75) is 104 Å². The van der Waals surface area contributed by atoms with Crippen molar-refractivity contribution in [1.82, 2.24) is 14.4 Å². The maximum absolute atomic E-state index is 5.35. The first-order valence-corrected chi connectivity index (χ1v) is 12.6. The zero-order valence-electron chi connectivity index (χ0n) is 22.1. The maximum atomic E-state index is 5.35. The summed E-state index contributed by atoms with van der Waals surface area (Å²) in [6.07, 6.45) is 2.26. The number of rotatable bonds is 2. The van der Waals surface area contributed by atoms with Crippen LogP contribution >= 0.6 is 0 Å². The molecule has 0 aliphatic heterocycles. The molecule has 0 saturated carbocycles. The Balaban J connectivity index is 2.02. The van der Waals surface area contributed by atoms with Gasteiger partial charge in [0.2, 0.25) is 0 Å². The van der Waals surface area contributed by atoms with Gasteiger partial charge in [-0.2, -0.15) is 0 Å². The minimum absolute atomic E-state index is 0.102. The number of hydrogen-bond acceptors (Lipinski definition) is 2. The Morgan fingerprint density at radius 2 is 1.61 bits per heavy atom. The van der Waals surface area contributed by atoms with E-state index in [1.54, 1.807) is 0 Å². The van der Waals surface area contributed by atoms with Crippen LogP contribution in [0.2, 0.25) is 0 Å². The van der Waals surface area contributed by atoms with Crippen molar-refractivity contribution >= 4 is 27.6 Å². The van der Waals surface area contributed by atoms with Gasteiger partial charge in [0.25, 0.3) is 0 Å². The van der Waals surface area contributed by atoms with Crippen LogP contribution in [0.25, 0.3) is 27.6 Å². The van der Waals surface area contributed by atoms with E-state index in [2.05, 4.69) is 97.9 Å². The van der Waals surface area contributed by atoms with Gasteiger partial charge in [0.05, 0.1) is 16.6 Å². The molecule has 3 heteroatoms. The molecule has 0 saturated heterocycles. The molecule has 0 spiro atoms. The minimum atomic E-state index is -0.102. The van der Waals surface area contributed by atoms with E-state index >= 15 is 0 Å². The predicted molar refractivity (Wildman–Crippen MR) is 141 cm³/mol. The Bertz CT molecular complexity index is 1430. The number of aryl methyl sites for hydroxylation is 1. The largest absolute Gasteiger partial charge is 0.279 e. The van der Waals surface area contributed by atoms with Gasteiger partial charge in [-0.1, -0.05) is 68.4 Å². The number of aromatic nitrogens is 3. The van der Waals surface area contributed by atoms with Gasteiger partial charge in [-0.25, -0.2) is 9.97 Å². The fourth-order valence-corrected chi connectivity index (χ4v) is 6.47. The molecular formula is C30H39N3. The molecule has 3 nitrogen and oxygen atoms in total. The van der Waals surface area contributed by atoms with Crippen LogP contribution < -0.4 is 0 Å². The van der Waals surface area contributed by atoms with Gasteiger partial charge in [0.15, 0.2) is 0 Å². The van der Waals surface area contributed by atoms with Crippen molar-refractivity contribution in [3.8, 4) is 0 Å². The molecule has 5 rings (SSSR count). The lowest BCUT2D eigenvalue weighted by Gasteiger charge is -2.23. The lowest BCUT2D eigenvalue weighted by atomic mass is 9.82. The van der Waals surface area contributed by atoms with Crippen molar-refractivity contribution < 1.29 is 0 Å². The molecule has 4 aromatic rings. The molecule has 174 valence electrons. The second-order valence-electron chi connectivity index (χ2n) is 12.8. The van der Waals surface area contributed by atoms with E-state index in [4.69, 9.17) is 9.97 Å². The smallest absolute Gasteiger partial charge is 0.149 e. The van der Waals surface area contributed by atoms with Crippen LogP contribution in [0.4, 0.5) is 0 Å². The van der Waals surface area contributed by atoms with Crippen LogP contribution in [0.3, 0.4) is 0 Å². The molecule has 0 amide bonds. The van der Waals surface area contributed by atoms with Gasteiger partial charge in [0, 0.05) is 10.8 Å². The third-order valence-electron chi connectivity index (χ3n) is 8.02. The Kier molecular flexibility index (Phi) is 4.62. The lowest BCUT2D eigenvalue weighted by Crippen LogP contribution is -2.19. The second kappa shape index (κ2) is 6.81. The van der Waals surface area contributed by atoms with Crippen molar-refractivity contribution in [2.75, 3.05) is 0 Å². The van der Waals surface area contributed by atoms with E-state index < -0.39 is 0 Å². The van der Waals surface area contributed by atoms with Crippen molar-refractivity contribution in [2.24, 2.45) is 0 Å². The first-order chi connectivity index (χ1) is 15.3. The Labute approximate surface area is 198 Å². The first kappa shape index (κ1) is 22.4. The quantitative estimate of drug-likeness (QED) is 0.314. The fourth-order valence-electron chi connectivity index (χ4n) is 6.47. The van der Waals surface area contributed by atoms with E-state index in [9.17, 15) is 0 Å². The summed E-state index contributed by atoms with van der Waals surface area (Å²) >= 11 is 0. The van der Waals surface area contributed by atoms with E-state index in [0.717, 1.165) is 35.3 Å². The highest BCUT2D eigenvalue weighted by molar-refractivity contribution is 6.00. The van der Waals surface area contributed by atoms with Crippen molar-refractivity contribution in [1.29, 1.82) is 0 Å². The lowest BCUT2D eigenvalue weighted by molar-refractivity contribution is 0.403. The predicted octanol–water partition coefficient (Wildman–Crippen LogP) is 8.11. The third kappa shape index (κ3) is 3.15. The molecule has 2 aromatic carbocycles. The van der Waals surface area contributed by atoms with Gasteiger partial charge in [-0.05, 0) is 77.0 Å². The van der Waals surface area contributed by atoms with Crippen LogP contribution in [-0.2, 0) is 16.2 Å². The highest BCUT2D eigenvalue weighted by atomic mass is 15.1. The molecule has 0 radical (unpaired) electrons. The van der Waals surface area contributed by atoms with Gasteiger partial charge in [-0.15, -0.1) is 0 Å². The summed E-state index contributed by atoms with van der Waals surface area (Å²) in [5.74, 6) is 1.55. The number of imidazole rings is 1. The normalized spacial score (nSPS) is 18.4. The standard InChI is InChI=1S/C30H39N3/c1-11-17(2)24-18(3)12-13-21-25(24)26-31-22-14-19-20(30(9,10)16-29(19,7)8)15-23(22)33(26)27(32-21)28(4,5)6/h12-15,17H,11,16H2,1-10H3. The summed E-state index contributed by atoms with van der Waals surface area (Å²) in [6, 6.07) is 9.24. The zero-order valence-corrected chi connectivity index (χ0v) is 22.1. The molecule has 2 heterocycles. The van der Waals surface area contributed by atoms with Crippen LogP contribution in [0.1, 0.15) is 109 Å². The monoisotopic (exact) mass is 441 g/mol. The highest BCUT2D eigenvalue weighted by Gasteiger charge is 2.42. The number of fused-ring (bicyclic) bond motifs is 6. The first-order valence-electron chi connectivity index (χ1n) is 12.6. The molecule has 33 heavy (non-hydrogen) atoms. The van der Waals surface area contributed by atoms with Gasteiger partial charge in [-0.3, -0.25) is 4.40 Å². The number of benzene rings is 2. The Hall–Kier alpha value is -2.42. The average molecular weight is 442 g/mol. The van der Waals surface area contributed by atoms with E-state index in [1.807, 2.05) is 0 Å². The molecule has 0 fully saturated rings. The van der Waals surface area contributed by atoms with Gasteiger partial charge in [0.1, 0.15) is 11.5 Å². The molecular weight excluding hydrogens is 402 g/mol. The average Bonchev–Trinajstić information content (AvgIpc) is 3.16. The molecule has 1 aliphatic carbocycles. The van der Waals surface area contributed by atoms with E-state index in [1.165, 1.54) is 33.2 Å². The van der Waals surface area contributed by atoms with Crippen LogP contribution in [0, 0.1) is 6.92 Å². The number of hydrogen-bond donors (Lipinski definition) is 0. The van der Waals surface area contributed by atoms with Gasteiger partial charge >= 0.3 is 0 Å². The van der Waals surface area contributed by atoms with E-state index in [-0.39, 0.29) is 16.2 Å². The van der Waals surface area contributed by atoms with Crippen LogP contribution in [-0.4, -0.2) is 14.4 Å². The van der Waals surface area contributed by atoms with Crippen molar-refractivity contribution in [3.05, 3.63) is 52.3 Å². The van der Waals surface area contributed by atoms with E-state index in [0.29, 0.717) is 5.92 Å². The molecule has 1 atom stereocenters. The van der Waals surface area contributed by atoms with Gasteiger partial charge < -0.3 is 0 Å². The SMILES string of the molecule is CCC(C)c1c(C)ccc2nc(C(C)(C)C)n3c4cc5c(cc4nc3c12)C(C)(C)CC5(C)C. The zero-order chi connectivity index (χ0) is 24.1. The summed E-state index contributed by atoms with van der Waals surface area (Å²) in [5, 5.41) is 1.23. The second-order valence-corrected chi connectivity index (χ2v) is 12.8. The molecule has 0 N–H and O–H groups in total. The summed E-state index contributed by atoms with van der Waals surface area (Å²) in [6.45, 7) is 23.2. The Morgan fingerprint density at radius 1 is 0.970 bits per heavy atom. The van der Waals surface area contributed by atoms with Crippen LogP contribution in [0.5, 0.6) is 0 Å². The third-order valence-corrected chi connectivity index (χ3v) is 8.02. The minimum Gasteiger partial charge on any atom is -0.279 e. The Morgan fingerprint density at radius 3 is 2.21 bits per heavy atom. The molecule has 2 aromatic heterocycles. The van der Waals surface area contributed by atoms with Crippen LogP contribution in [0.15, 0.2) is 24.3 Å². The summed E-state index contributed by atoms with van der Waals surface area (Å²) in [7, 11) is 0.